The molecule has 172 valence electrons. The van der Waals surface area contributed by atoms with E-state index in [0.717, 1.165) is 49.5 Å². The Bertz CT molecular complexity index is 1070. The van der Waals surface area contributed by atoms with Crippen LogP contribution in [0.25, 0.3) is 0 Å². The zero-order valence-electron chi connectivity index (χ0n) is 19.4. The number of ether oxygens (including phenoxy) is 2. The summed E-state index contributed by atoms with van der Waals surface area (Å²) < 4.78 is 11.1. The van der Waals surface area contributed by atoms with Gasteiger partial charge in [-0.3, -0.25) is 4.79 Å². The van der Waals surface area contributed by atoms with Crippen molar-refractivity contribution in [2.75, 3.05) is 38.8 Å². The van der Waals surface area contributed by atoms with E-state index in [1.807, 2.05) is 54.6 Å². The van der Waals surface area contributed by atoms with E-state index >= 15 is 0 Å². The Kier molecular flexibility index (Phi) is 7.18. The molecule has 5 nitrogen and oxygen atoms in total. The molecule has 1 unspecified atom stereocenters. The third-order valence-corrected chi connectivity index (χ3v) is 6.67. The standard InChI is InChI=1S/C28H32N2O3/c1-32-24-13-8-12-23(20-24)28(21-29-27(31)22-10-4-3-5-11-22)16-9-18-30(19-17-28)25-14-6-7-15-26(25)33-2/h3-8,10-15,20H,9,16-19,21H2,1-2H3,(H,29,31). The quantitative estimate of drug-likeness (QED) is 0.553. The maximum absolute atomic E-state index is 12.9. The monoisotopic (exact) mass is 444 g/mol. The number of nitrogens with one attached hydrogen (secondary N) is 1. The Morgan fingerprint density at radius 1 is 0.909 bits per heavy atom. The van der Waals surface area contributed by atoms with Crippen LogP contribution in [0, 0.1) is 0 Å². The van der Waals surface area contributed by atoms with E-state index in [9.17, 15) is 4.79 Å². The van der Waals surface area contributed by atoms with E-state index in [2.05, 4.69) is 34.5 Å². The van der Waals surface area contributed by atoms with Crippen LogP contribution in [0.1, 0.15) is 35.2 Å². The first-order valence-electron chi connectivity index (χ1n) is 11.5. The van der Waals surface area contributed by atoms with Gasteiger partial charge in [0, 0.05) is 30.6 Å². The summed E-state index contributed by atoms with van der Waals surface area (Å²) in [6.07, 6.45) is 2.89. The van der Waals surface area contributed by atoms with Crippen molar-refractivity contribution >= 4 is 11.6 Å². The van der Waals surface area contributed by atoms with Gasteiger partial charge in [0.25, 0.3) is 5.91 Å². The first-order chi connectivity index (χ1) is 16.1. The molecule has 1 fully saturated rings. The molecule has 0 bridgehead atoms. The molecule has 0 saturated carbocycles. The summed E-state index contributed by atoms with van der Waals surface area (Å²) >= 11 is 0. The number of carbonyl (C=O) groups is 1. The molecule has 0 aromatic heterocycles. The highest BCUT2D eigenvalue weighted by molar-refractivity contribution is 5.94. The second-order valence-corrected chi connectivity index (χ2v) is 8.57. The molecule has 0 radical (unpaired) electrons. The minimum absolute atomic E-state index is 0.0382. The molecule has 1 saturated heterocycles. The van der Waals surface area contributed by atoms with Crippen LogP contribution in [0.4, 0.5) is 5.69 Å². The molecular weight excluding hydrogens is 412 g/mol. The topological polar surface area (TPSA) is 50.8 Å². The maximum Gasteiger partial charge on any atom is 0.251 e. The summed E-state index contributed by atoms with van der Waals surface area (Å²) in [6, 6.07) is 25.9. The van der Waals surface area contributed by atoms with Crippen molar-refractivity contribution in [2.24, 2.45) is 0 Å². The van der Waals surface area contributed by atoms with Gasteiger partial charge in [0.15, 0.2) is 0 Å². The van der Waals surface area contributed by atoms with Gasteiger partial charge in [-0.2, -0.15) is 0 Å². The van der Waals surface area contributed by atoms with Gasteiger partial charge in [-0.25, -0.2) is 0 Å². The van der Waals surface area contributed by atoms with Crippen molar-refractivity contribution in [1.82, 2.24) is 5.32 Å². The number of methoxy groups -OCH3 is 2. The fraction of sp³-hybridized carbons (Fsp3) is 0.321. The fourth-order valence-corrected chi connectivity index (χ4v) is 4.79. The van der Waals surface area contributed by atoms with Crippen molar-refractivity contribution in [2.45, 2.75) is 24.7 Å². The number of hydrogen-bond acceptors (Lipinski definition) is 4. The van der Waals surface area contributed by atoms with Gasteiger partial charge in [-0.15, -0.1) is 0 Å². The Morgan fingerprint density at radius 3 is 2.48 bits per heavy atom. The lowest BCUT2D eigenvalue weighted by Crippen LogP contribution is -2.41. The van der Waals surface area contributed by atoms with Crippen molar-refractivity contribution in [3.8, 4) is 11.5 Å². The van der Waals surface area contributed by atoms with Crippen LogP contribution in [0.2, 0.25) is 0 Å². The van der Waals surface area contributed by atoms with Crippen LogP contribution in [0.3, 0.4) is 0 Å². The van der Waals surface area contributed by atoms with Crippen LogP contribution >= 0.6 is 0 Å². The Labute approximate surface area is 196 Å². The van der Waals surface area contributed by atoms with E-state index in [4.69, 9.17) is 9.47 Å². The zero-order valence-corrected chi connectivity index (χ0v) is 19.4. The molecule has 1 N–H and O–H groups in total. The molecule has 1 aliphatic heterocycles. The molecular formula is C28H32N2O3. The van der Waals surface area contributed by atoms with E-state index in [1.54, 1.807) is 14.2 Å². The maximum atomic E-state index is 12.9. The predicted molar refractivity (Wildman–Crippen MR) is 133 cm³/mol. The third-order valence-electron chi connectivity index (χ3n) is 6.67. The molecule has 1 amide bonds. The smallest absolute Gasteiger partial charge is 0.251 e. The molecule has 3 aromatic rings. The van der Waals surface area contributed by atoms with Crippen LogP contribution in [-0.4, -0.2) is 39.8 Å². The molecule has 0 aliphatic carbocycles. The number of benzene rings is 3. The van der Waals surface area contributed by atoms with E-state index in [-0.39, 0.29) is 11.3 Å². The predicted octanol–water partition coefficient (Wildman–Crippen LogP) is 5.06. The van der Waals surface area contributed by atoms with Gasteiger partial charge < -0.3 is 19.7 Å². The van der Waals surface area contributed by atoms with Gasteiger partial charge >= 0.3 is 0 Å². The van der Waals surface area contributed by atoms with Crippen molar-refractivity contribution in [3.63, 3.8) is 0 Å². The van der Waals surface area contributed by atoms with Gasteiger partial charge in [0.05, 0.1) is 19.9 Å². The highest BCUT2D eigenvalue weighted by Gasteiger charge is 2.35. The fourth-order valence-electron chi connectivity index (χ4n) is 4.79. The average Bonchev–Trinajstić information content (AvgIpc) is 3.11. The molecule has 33 heavy (non-hydrogen) atoms. The number of anilines is 1. The summed E-state index contributed by atoms with van der Waals surface area (Å²) in [5.74, 6) is 1.69. The molecule has 1 heterocycles. The SMILES string of the molecule is COc1cccc(C2(CNC(=O)c3ccccc3)CCCN(c3ccccc3OC)CC2)c1. The summed E-state index contributed by atoms with van der Waals surface area (Å²) in [6.45, 7) is 2.39. The number of para-hydroxylation sites is 2. The van der Waals surface area contributed by atoms with E-state index in [0.29, 0.717) is 12.1 Å². The Balaban J connectivity index is 1.61. The molecule has 3 aromatic carbocycles. The first-order valence-corrected chi connectivity index (χ1v) is 11.5. The number of carbonyl (C=O) groups excluding carboxylic acids is 1. The molecule has 4 rings (SSSR count). The van der Waals surface area contributed by atoms with Crippen molar-refractivity contribution < 1.29 is 14.3 Å². The third kappa shape index (κ3) is 5.14. The van der Waals surface area contributed by atoms with Crippen molar-refractivity contribution in [1.29, 1.82) is 0 Å². The minimum atomic E-state index is -0.185. The Hall–Kier alpha value is -3.47. The minimum Gasteiger partial charge on any atom is -0.497 e. The summed E-state index contributed by atoms with van der Waals surface area (Å²) in [5, 5.41) is 3.23. The van der Waals surface area contributed by atoms with E-state index in [1.165, 1.54) is 5.56 Å². The van der Waals surface area contributed by atoms with E-state index < -0.39 is 0 Å². The second kappa shape index (κ2) is 10.4. The van der Waals surface area contributed by atoms with Gasteiger partial charge in [0.2, 0.25) is 0 Å². The first kappa shape index (κ1) is 22.7. The molecule has 5 heteroatoms. The number of hydrogen-bond donors (Lipinski definition) is 1. The van der Waals surface area contributed by atoms with Gasteiger partial charge in [0.1, 0.15) is 11.5 Å². The zero-order chi connectivity index (χ0) is 23.1. The van der Waals surface area contributed by atoms with Gasteiger partial charge in [-0.05, 0) is 61.2 Å². The molecule has 1 atom stereocenters. The second-order valence-electron chi connectivity index (χ2n) is 8.57. The average molecular weight is 445 g/mol. The lowest BCUT2D eigenvalue weighted by Gasteiger charge is -2.34. The summed E-state index contributed by atoms with van der Waals surface area (Å²) in [4.78, 5) is 15.3. The summed E-state index contributed by atoms with van der Waals surface area (Å²) in [5.41, 5.74) is 2.82. The molecule has 1 aliphatic rings. The normalized spacial score (nSPS) is 18.3. The van der Waals surface area contributed by atoms with Crippen LogP contribution in [0.15, 0.2) is 78.9 Å². The number of rotatable bonds is 7. The van der Waals surface area contributed by atoms with Crippen LogP contribution < -0.4 is 19.7 Å². The van der Waals surface area contributed by atoms with Crippen molar-refractivity contribution in [3.05, 3.63) is 90.0 Å². The largest absolute Gasteiger partial charge is 0.497 e. The lowest BCUT2D eigenvalue weighted by atomic mass is 9.74. The van der Waals surface area contributed by atoms with Crippen LogP contribution in [-0.2, 0) is 5.41 Å². The highest BCUT2D eigenvalue weighted by atomic mass is 16.5. The lowest BCUT2D eigenvalue weighted by molar-refractivity contribution is 0.0941. The summed E-state index contributed by atoms with van der Waals surface area (Å²) in [7, 11) is 3.41. The van der Waals surface area contributed by atoms with Gasteiger partial charge in [-0.1, -0.05) is 42.5 Å². The Morgan fingerprint density at radius 2 is 1.70 bits per heavy atom. The number of amides is 1. The highest BCUT2D eigenvalue weighted by Crippen LogP contribution is 2.39. The molecule has 0 spiro atoms. The van der Waals surface area contributed by atoms with Crippen LogP contribution in [0.5, 0.6) is 11.5 Å². The number of nitrogens with zero attached hydrogens (tertiary/aromatic N) is 1.